The third-order valence-corrected chi connectivity index (χ3v) is 5.84. The van der Waals surface area contributed by atoms with E-state index >= 15 is 0 Å². The fourth-order valence-corrected chi connectivity index (χ4v) is 4.21. The molecule has 0 radical (unpaired) electrons. The molecule has 2 fully saturated rings. The van der Waals surface area contributed by atoms with Crippen molar-refractivity contribution in [2.24, 2.45) is 5.92 Å². The Morgan fingerprint density at radius 3 is 2.48 bits per heavy atom. The number of carbonyl (C=O) groups excluding carboxylic acids is 2. The molecule has 1 aromatic rings. The van der Waals surface area contributed by atoms with E-state index in [1.54, 1.807) is 19.3 Å². The number of fused-ring (bicyclic) bond motifs is 1. The first kappa shape index (κ1) is 19.6. The van der Waals surface area contributed by atoms with Crippen LogP contribution in [0.5, 0.6) is 17.2 Å². The lowest BCUT2D eigenvalue weighted by atomic mass is 9.95. The number of hydrogen-bond acceptors (Lipinski definition) is 5. The van der Waals surface area contributed by atoms with E-state index in [4.69, 9.17) is 14.2 Å². The summed E-state index contributed by atoms with van der Waals surface area (Å²) in [6.07, 6.45) is 7.05. The standard InChI is InChI=1S/C22H28N2O5/c1-27-18-14-16(15-19-21(18)29-13-12-28-19)4-5-20(25)23-10-6-17(7-11-23)22(26)24-8-2-3-9-24/h4-5,14-15,17H,2-3,6-13H2,1H3/b5-4+. The summed E-state index contributed by atoms with van der Waals surface area (Å²) in [6.45, 7) is 4.01. The van der Waals surface area contributed by atoms with Crippen molar-refractivity contribution in [2.45, 2.75) is 25.7 Å². The summed E-state index contributed by atoms with van der Waals surface area (Å²) in [6, 6.07) is 3.68. The van der Waals surface area contributed by atoms with Gasteiger partial charge in [-0.1, -0.05) is 0 Å². The van der Waals surface area contributed by atoms with Crippen molar-refractivity contribution in [1.29, 1.82) is 0 Å². The van der Waals surface area contributed by atoms with E-state index in [0.717, 1.165) is 44.3 Å². The second-order valence-corrected chi connectivity index (χ2v) is 7.71. The number of likely N-dealkylation sites (tertiary alicyclic amines) is 2. The summed E-state index contributed by atoms with van der Waals surface area (Å²) in [4.78, 5) is 28.9. The van der Waals surface area contributed by atoms with Crippen LogP contribution in [0.1, 0.15) is 31.2 Å². The predicted octanol–water partition coefficient (Wildman–Crippen LogP) is 2.34. The molecule has 0 spiro atoms. The van der Waals surface area contributed by atoms with Gasteiger partial charge in [-0.25, -0.2) is 0 Å². The van der Waals surface area contributed by atoms with Crippen LogP contribution in [0.15, 0.2) is 18.2 Å². The minimum Gasteiger partial charge on any atom is -0.493 e. The largest absolute Gasteiger partial charge is 0.493 e. The summed E-state index contributed by atoms with van der Waals surface area (Å²) in [5, 5.41) is 0. The molecule has 0 saturated carbocycles. The molecule has 0 aliphatic carbocycles. The van der Waals surface area contributed by atoms with Gasteiger partial charge in [0.05, 0.1) is 7.11 Å². The first-order valence-electron chi connectivity index (χ1n) is 10.4. The van der Waals surface area contributed by atoms with Crippen LogP contribution in [0.25, 0.3) is 6.08 Å². The molecule has 1 aromatic carbocycles. The van der Waals surface area contributed by atoms with Crippen molar-refractivity contribution in [3.8, 4) is 17.2 Å². The highest BCUT2D eigenvalue weighted by molar-refractivity contribution is 5.92. The van der Waals surface area contributed by atoms with Gasteiger partial charge in [0.15, 0.2) is 11.5 Å². The molecule has 4 rings (SSSR count). The van der Waals surface area contributed by atoms with Crippen molar-refractivity contribution in [2.75, 3.05) is 46.5 Å². The maximum Gasteiger partial charge on any atom is 0.246 e. The Balaban J connectivity index is 1.35. The smallest absolute Gasteiger partial charge is 0.246 e. The van der Waals surface area contributed by atoms with E-state index in [9.17, 15) is 9.59 Å². The predicted molar refractivity (Wildman–Crippen MR) is 108 cm³/mol. The average molecular weight is 400 g/mol. The van der Waals surface area contributed by atoms with E-state index in [2.05, 4.69) is 0 Å². The Labute approximate surface area is 171 Å². The van der Waals surface area contributed by atoms with Crippen LogP contribution in [0.2, 0.25) is 0 Å². The molecule has 3 aliphatic rings. The number of benzene rings is 1. The van der Waals surface area contributed by atoms with Gasteiger partial charge in [-0.15, -0.1) is 0 Å². The quantitative estimate of drug-likeness (QED) is 0.726. The van der Waals surface area contributed by atoms with E-state index in [1.807, 2.05) is 21.9 Å². The fraction of sp³-hybridized carbons (Fsp3) is 0.545. The number of piperidine rings is 1. The molecule has 3 aliphatic heterocycles. The van der Waals surface area contributed by atoms with E-state index in [1.165, 1.54) is 0 Å². The second-order valence-electron chi connectivity index (χ2n) is 7.71. The maximum atomic E-state index is 12.6. The van der Waals surface area contributed by atoms with Crippen LogP contribution < -0.4 is 14.2 Å². The summed E-state index contributed by atoms with van der Waals surface area (Å²) < 4.78 is 16.6. The van der Waals surface area contributed by atoms with Crippen LogP contribution in [0.3, 0.4) is 0 Å². The molecule has 2 saturated heterocycles. The van der Waals surface area contributed by atoms with Crippen LogP contribution in [0, 0.1) is 5.92 Å². The monoisotopic (exact) mass is 400 g/mol. The van der Waals surface area contributed by atoms with Gasteiger partial charge in [0.2, 0.25) is 17.6 Å². The number of methoxy groups -OCH3 is 1. The zero-order valence-electron chi connectivity index (χ0n) is 16.9. The molecule has 0 atom stereocenters. The van der Waals surface area contributed by atoms with Crippen molar-refractivity contribution in [3.63, 3.8) is 0 Å². The average Bonchev–Trinajstić information content (AvgIpc) is 3.31. The van der Waals surface area contributed by atoms with Crippen LogP contribution in [-0.2, 0) is 9.59 Å². The van der Waals surface area contributed by atoms with Crippen LogP contribution in [-0.4, -0.2) is 68.1 Å². The minimum absolute atomic E-state index is 0.0362. The Bertz CT molecular complexity index is 775. The Morgan fingerprint density at radius 1 is 1.03 bits per heavy atom. The van der Waals surface area contributed by atoms with Crippen LogP contribution in [0.4, 0.5) is 0 Å². The van der Waals surface area contributed by atoms with Gasteiger partial charge in [-0.2, -0.15) is 0 Å². The third-order valence-electron chi connectivity index (χ3n) is 5.84. The maximum absolute atomic E-state index is 12.6. The highest BCUT2D eigenvalue weighted by atomic mass is 16.6. The summed E-state index contributed by atoms with van der Waals surface area (Å²) in [5.41, 5.74) is 0.818. The molecule has 2 amide bonds. The number of hydrogen-bond donors (Lipinski definition) is 0. The minimum atomic E-state index is -0.0362. The molecule has 7 nitrogen and oxygen atoms in total. The summed E-state index contributed by atoms with van der Waals surface area (Å²) >= 11 is 0. The van der Waals surface area contributed by atoms with Crippen molar-refractivity contribution in [3.05, 3.63) is 23.8 Å². The van der Waals surface area contributed by atoms with Gasteiger partial charge in [0.1, 0.15) is 13.2 Å². The molecule has 0 unspecified atom stereocenters. The first-order chi connectivity index (χ1) is 14.2. The molecule has 0 aromatic heterocycles. The lowest BCUT2D eigenvalue weighted by molar-refractivity contribution is -0.138. The van der Waals surface area contributed by atoms with Crippen molar-refractivity contribution < 1.29 is 23.8 Å². The number of amides is 2. The fourth-order valence-electron chi connectivity index (χ4n) is 4.21. The van der Waals surface area contributed by atoms with Gasteiger partial charge < -0.3 is 24.0 Å². The Morgan fingerprint density at radius 2 is 1.76 bits per heavy atom. The van der Waals surface area contributed by atoms with Crippen molar-refractivity contribution in [1.82, 2.24) is 9.80 Å². The molecule has 3 heterocycles. The highest BCUT2D eigenvalue weighted by Crippen LogP contribution is 2.40. The molecule has 156 valence electrons. The normalized spacial score (nSPS) is 19.6. The molecular weight excluding hydrogens is 372 g/mol. The number of carbonyl (C=O) groups is 2. The van der Waals surface area contributed by atoms with E-state index in [0.29, 0.717) is 43.6 Å². The molecular formula is C22H28N2O5. The third kappa shape index (κ3) is 4.33. The molecule has 0 bridgehead atoms. The number of rotatable bonds is 4. The molecule has 7 heteroatoms. The van der Waals surface area contributed by atoms with Gasteiger partial charge >= 0.3 is 0 Å². The zero-order chi connectivity index (χ0) is 20.2. The topological polar surface area (TPSA) is 68.3 Å². The van der Waals surface area contributed by atoms with Crippen molar-refractivity contribution >= 4 is 17.9 Å². The number of ether oxygens (including phenoxy) is 3. The summed E-state index contributed by atoms with van der Waals surface area (Å²) in [7, 11) is 1.58. The van der Waals surface area contributed by atoms with Gasteiger partial charge in [0, 0.05) is 38.2 Å². The Kier molecular flexibility index (Phi) is 5.92. The van der Waals surface area contributed by atoms with Crippen LogP contribution >= 0.6 is 0 Å². The highest BCUT2D eigenvalue weighted by Gasteiger charge is 2.30. The molecule has 29 heavy (non-hydrogen) atoms. The Hall–Kier alpha value is -2.70. The first-order valence-corrected chi connectivity index (χ1v) is 10.4. The SMILES string of the molecule is COc1cc(/C=C/C(=O)N2CCC(C(=O)N3CCCC3)CC2)cc2c1OCCO2. The lowest BCUT2D eigenvalue weighted by Crippen LogP contribution is -2.43. The van der Waals surface area contributed by atoms with Gasteiger partial charge in [-0.05, 0) is 49.5 Å². The van der Waals surface area contributed by atoms with Gasteiger partial charge in [0.25, 0.3) is 0 Å². The van der Waals surface area contributed by atoms with E-state index in [-0.39, 0.29) is 17.7 Å². The van der Waals surface area contributed by atoms with E-state index < -0.39 is 0 Å². The summed E-state index contributed by atoms with van der Waals surface area (Å²) in [5.74, 6) is 2.12. The second kappa shape index (κ2) is 8.76. The number of nitrogens with zero attached hydrogens (tertiary/aromatic N) is 2. The molecule has 0 N–H and O–H groups in total. The lowest BCUT2D eigenvalue weighted by Gasteiger charge is -2.32. The van der Waals surface area contributed by atoms with Gasteiger partial charge in [-0.3, -0.25) is 9.59 Å². The zero-order valence-corrected chi connectivity index (χ0v) is 16.9.